The Balaban J connectivity index is 1.63. The van der Waals surface area contributed by atoms with E-state index in [0.29, 0.717) is 12.1 Å². The van der Waals surface area contributed by atoms with E-state index < -0.39 is 0 Å². The predicted octanol–water partition coefficient (Wildman–Crippen LogP) is 2.16. The average molecular weight is 278 g/mol. The lowest BCUT2D eigenvalue weighted by Crippen LogP contribution is -2.35. The summed E-state index contributed by atoms with van der Waals surface area (Å²) in [4.78, 5) is 14.5. The van der Waals surface area contributed by atoms with Crippen LogP contribution in [0.1, 0.15) is 21.5 Å². The quantitative estimate of drug-likeness (QED) is 0.742. The Hall–Kier alpha value is -2.69. The molecule has 1 aliphatic rings. The molecule has 1 aromatic heterocycles. The highest BCUT2D eigenvalue weighted by Gasteiger charge is 2.21. The number of hydrogen-bond donors (Lipinski definition) is 1. The largest absolute Gasteiger partial charge is 0.334 e. The third kappa shape index (κ3) is 2.07. The Kier molecular flexibility index (Phi) is 2.70. The summed E-state index contributed by atoms with van der Waals surface area (Å²) >= 11 is 0. The van der Waals surface area contributed by atoms with Crippen molar-refractivity contribution in [2.24, 2.45) is 0 Å². The maximum absolute atomic E-state index is 12.6. The zero-order valence-corrected chi connectivity index (χ0v) is 11.4. The molecule has 0 saturated carbocycles. The van der Waals surface area contributed by atoms with Crippen LogP contribution < -0.4 is 0 Å². The van der Waals surface area contributed by atoms with Crippen molar-refractivity contribution in [2.75, 3.05) is 6.54 Å². The van der Waals surface area contributed by atoms with Gasteiger partial charge in [0.1, 0.15) is 11.0 Å². The van der Waals surface area contributed by atoms with Crippen LogP contribution in [0.15, 0.2) is 42.5 Å². The molecule has 0 radical (unpaired) electrons. The van der Waals surface area contributed by atoms with Gasteiger partial charge in [0.05, 0.1) is 0 Å². The number of nitrogens with one attached hydrogen (secondary N) is 1. The lowest BCUT2D eigenvalue weighted by atomic mass is 9.99. The van der Waals surface area contributed by atoms with Gasteiger partial charge in [-0.3, -0.25) is 4.79 Å². The number of amides is 1. The molecule has 0 aliphatic carbocycles. The van der Waals surface area contributed by atoms with Gasteiger partial charge in [-0.15, -0.1) is 0 Å². The van der Waals surface area contributed by atoms with E-state index in [0.717, 1.165) is 24.0 Å². The normalized spacial score (nSPS) is 14.2. The molecule has 5 nitrogen and oxygen atoms in total. The van der Waals surface area contributed by atoms with Crippen molar-refractivity contribution in [3.05, 3.63) is 59.2 Å². The number of hydrogen-bond acceptors (Lipinski definition) is 3. The van der Waals surface area contributed by atoms with E-state index in [1.807, 2.05) is 23.1 Å². The van der Waals surface area contributed by atoms with E-state index in [9.17, 15) is 4.79 Å². The molecule has 0 saturated heterocycles. The number of rotatable bonds is 1. The molecule has 1 aliphatic heterocycles. The van der Waals surface area contributed by atoms with Gasteiger partial charge in [0, 0.05) is 18.7 Å². The summed E-state index contributed by atoms with van der Waals surface area (Å²) in [6, 6.07) is 13.7. The minimum atomic E-state index is 0.0504. The van der Waals surface area contributed by atoms with Gasteiger partial charge in [0.2, 0.25) is 0 Å². The molecule has 0 bridgehead atoms. The van der Waals surface area contributed by atoms with E-state index in [-0.39, 0.29) is 5.91 Å². The van der Waals surface area contributed by atoms with Crippen LogP contribution >= 0.6 is 0 Å². The summed E-state index contributed by atoms with van der Waals surface area (Å²) in [6.45, 7) is 1.43. The summed E-state index contributed by atoms with van der Waals surface area (Å²) in [7, 11) is 0. The number of H-pyrrole nitrogens is 1. The van der Waals surface area contributed by atoms with Gasteiger partial charge in [-0.05, 0) is 35.7 Å². The number of fused-ring (bicyclic) bond motifs is 2. The zero-order valence-electron chi connectivity index (χ0n) is 11.4. The molecule has 2 aromatic carbocycles. The summed E-state index contributed by atoms with van der Waals surface area (Å²) in [6.07, 6.45) is 0.911. The molecule has 3 aromatic rings. The third-order valence-electron chi connectivity index (χ3n) is 3.98. The van der Waals surface area contributed by atoms with Gasteiger partial charge in [-0.25, -0.2) is 0 Å². The number of benzene rings is 2. The van der Waals surface area contributed by atoms with Crippen molar-refractivity contribution in [2.45, 2.75) is 13.0 Å². The summed E-state index contributed by atoms with van der Waals surface area (Å²) in [5.74, 6) is 0.0504. The molecule has 0 unspecified atom stereocenters. The maximum atomic E-state index is 12.6. The predicted molar refractivity (Wildman–Crippen MR) is 78.8 cm³/mol. The highest BCUT2D eigenvalue weighted by Crippen LogP contribution is 2.21. The molecular weight excluding hydrogens is 264 g/mol. The Morgan fingerprint density at radius 1 is 1.05 bits per heavy atom. The van der Waals surface area contributed by atoms with Crippen molar-refractivity contribution in [3.8, 4) is 0 Å². The van der Waals surface area contributed by atoms with Crippen molar-refractivity contribution in [1.82, 2.24) is 20.3 Å². The van der Waals surface area contributed by atoms with Gasteiger partial charge in [-0.1, -0.05) is 24.3 Å². The number of aromatic nitrogens is 3. The molecule has 0 fully saturated rings. The standard InChI is InChI=1S/C16H14N4O/c21-16(12-5-6-14-15(9-12)18-19-17-14)20-8-7-11-3-1-2-4-13(11)10-20/h1-6,9H,7-8,10H2,(H,17,18,19). The molecule has 104 valence electrons. The monoisotopic (exact) mass is 278 g/mol. The van der Waals surface area contributed by atoms with Gasteiger partial charge in [0.15, 0.2) is 0 Å². The first kappa shape index (κ1) is 12.1. The number of nitrogens with zero attached hydrogens (tertiary/aromatic N) is 3. The van der Waals surface area contributed by atoms with Gasteiger partial charge < -0.3 is 4.90 Å². The second-order valence-electron chi connectivity index (χ2n) is 5.27. The number of carbonyl (C=O) groups is 1. The van der Waals surface area contributed by atoms with Crippen molar-refractivity contribution in [3.63, 3.8) is 0 Å². The minimum Gasteiger partial charge on any atom is -0.334 e. The SMILES string of the molecule is O=C(c1ccc2n[nH]nc2c1)N1CCc2ccccc2C1. The van der Waals surface area contributed by atoms with Gasteiger partial charge in [0.25, 0.3) is 5.91 Å². The molecule has 4 rings (SSSR count). The Morgan fingerprint density at radius 2 is 1.86 bits per heavy atom. The fraction of sp³-hybridized carbons (Fsp3) is 0.188. The summed E-state index contributed by atoms with van der Waals surface area (Å²) in [5, 5.41) is 10.6. The van der Waals surface area contributed by atoms with Crippen LogP contribution in [-0.2, 0) is 13.0 Å². The molecule has 2 heterocycles. The van der Waals surface area contributed by atoms with Crippen LogP contribution in [0, 0.1) is 0 Å². The topological polar surface area (TPSA) is 61.9 Å². The molecule has 0 spiro atoms. The van der Waals surface area contributed by atoms with Crippen molar-refractivity contribution >= 4 is 16.9 Å². The summed E-state index contributed by atoms with van der Waals surface area (Å²) < 4.78 is 0. The van der Waals surface area contributed by atoms with Crippen LogP contribution in [0.3, 0.4) is 0 Å². The third-order valence-corrected chi connectivity index (χ3v) is 3.98. The summed E-state index contributed by atoms with van der Waals surface area (Å²) in [5.41, 5.74) is 4.73. The first-order valence-electron chi connectivity index (χ1n) is 6.98. The number of carbonyl (C=O) groups excluding carboxylic acids is 1. The molecule has 5 heteroatoms. The number of aromatic amines is 1. The molecule has 1 N–H and O–H groups in total. The smallest absolute Gasteiger partial charge is 0.254 e. The van der Waals surface area contributed by atoms with Gasteiger partial charge in [-0.2, -0.15) is 15.4 Å². The van der Waals surface area contributed by atoms with Crippen LogP contribution in [-0.4, -0.2) is 32.8 Å². The zero-order chi connectivity index (χ0) is 14.2. The molecule has 0 atom stereocenters. The Morgan fingerprint density at radius 3 is 2.76 bits per heavy atom. The Labute approximate surface area is 121 Å². The van der Waals surface area contributed by atoms with Gasteiger partial charge >= 0.3 is 0 Å². The van der Waals surface area contributed by atoms with E-state index in [4.69, 9.17) is 0 Å². The van der Waals surface area contributed by atoms with Crippen molar-refractivity contribution < 1.29 is 4.79 Å². The Bertz CT molecular complexity index is 824. The van der Waals surface area contributed by atoms with Crippen LogP contribution in [0.2, 0.25) is 0 Å². The fourth-order valence-corrected chi connectivity index (χ4v) is 2.82. The van der Waals surface area contributed by atoms with E-state index in [2.05, 4.69) is 33.6 Å². The lowest BCUT2D eigenvalue weighted by molar-refractivity contribution is 0.0735. The van der Waals surface area contributed by atoms with E-state index in [1.165, 1.54) is 11.1 Å². The highest BCUT2D eigenvalue weighted by atomic mass is 16.2. The van der Waals surface area contributed by atoms with E-state index in [1.54, 1.807) is 6.07 Å². The van der Waals surface area contributed by atoms with Crippen LogP contribution in [0.4, 0.5) is 0 Å². The molecular formula is C16H14N4O. The lowest BCUT2D eigenvalue weighted by Gasteiger charge is -2.28. The minimum absolute atomic E-state index is 0.0504. The molecule has 1 amide bonds. The first-order chi connectivity index (χ1) is 10.3. The molecule has 21 heavy (non-hydrogen) atoms. The van der Waals surface area contributed by atoms with Crippen LogP contribution in [0.5, 0.6) is 0 Å². The van der Waals surface area contributed by atoms with Crippen LogP contribution in [0.25, 0.3) is 11.0 Å². The average Bonchev–Trinajstić information content (AvgIpc) is 3.01. The fourth-order valence-electron chi connectivity index (χ4n) is 2.82. The second kappa shape index (κ2) is 4.70. The first-order valence-corrected chi connectivity index (χ1v) is 6.98. The maximum Gasteiger partial charge on any atom is 0.254 e. The highest BCUT2D eigenvalue weighted by molar-refractivity contribution is 5.97. The second-order valence-corrected chi connectivity index (χ2v) is 5.27. The van der Waals surface area contributed by atoms with Crippen molar-refractivity contribution in [1.29, 1.82) is 0 Å². The van der Waals surface area contributed by atoms with E-state index >= 15 is 0 Å².